The highest BCUT2D eigenvalue weighted by atomic mass is 32.1. The highest BCUT2D eigenvalue weighted by Crippen LogP contribution is 2.25. The number of thiophene rings is 1. The van der Waals surface area contributed by atoms with E-state index >= 15 is 0 Å². The Bertz CT molecular complexity index is 570. The van der Waals surface area contributed by atoms with Gasteiger partial charge in [-0.2, -0.15) is 0 Å². The maximum atomic E-state index is 13.3. The number of hydrogen-bond donors (Lipinski definition) is 2. The van der Waals surface area contributed by atoms with Crippen LogP contribution in [-0.2, 0) is 0 Å². The van der Waals surface area contributed by atoms with Crippen molar-refractivity contribution in [1.82, 2.24) is 0 Å². The van der Waals surface area contributed by atoms with Gasteiger partial charge in [-0.05, 0) is 25.1 Å². The van der Waals surface area contributed by atoms with E-state index in [2.05, 4.69) is 5.32 Å². The molecule has 1 amide bonds. The SMILES string of the molecule is Cc1sc(C(=O)Nc2c(F)cccc2F)cc1N. The Hall–Kier alpha value is -1.95. The number of amides is 1. The smallest absolute Gasteiger partial charge is 0.265 e. The fourth-order valence-electron chi connectivity index (χ4n) is 1.40. The highest BCUT2D eigenvalue weighted by molar-refractivity contribution is 7.14. The summed E-state index contributed by atoms with van der Waals surface area (Å²) in [5.74, 6) is -2.21. The van der Waals surface area contributed by atoms with Gasteiger partial charge in [0.05, 0.1) is 4.88 Å². The van der Waals surface area contributed by atoms with E-state index in [1.165, 1.54) is 23.5 Å². The van der Waals surface area contributed by atoms with Crippen molar-refractivity contribution in [3.05, 3.63) is 45.7 Å². The van der Waals surface area contributed by atoms with Crippen LogP contribution in [0.25, 0.3) is 0 Å². The third-order valence-corrected chi connectivity index (χ3v) is 3.45. The Labute approximate surface area is 106 Å². The second-order valence-electron chi connectivity index (χ2n) is 3.67. The maximum absolute atomic E-state index is 13.3. The van der Waals surface area contributed by atoms with Gasteiger partial charge in [-0.15, -0.1) is 11.3 Å². The molecule has 0 unspecified atom stereocenters. The molecule has 0 saturated heterocycles. The van der Waals surface area contributed by atoms with Gasteiger partial charge in [0, 0.05) is 10.6 Å². The predicted molar refractivity (Wildman–Crippen MR) is 67.8 cm³/mol. The molecule has 6 heteroatoms. The van der Waals surface area contributed by atoms with Gasteiger partial charge in [-0.3, -0.25) is 4.79 Å². The fourth-order valence-corrected chi connectivity index (χ4v) is 2.24. The van der Waals surface area contributed by atoms with E-state index in [-0.39, 0.29) is 0 Å². The van der Waals surface area contributed by atoms with Gasteiger partial charge in [0.25, 0.3) is 5.91 Å². The van der Waals surface area contributed by atoms with Crippen LogP contribution in [0.5, 0.6) is 0 Å². The summed E-state index contributed by atoms with van der Waals surface area (Å²) in [6.07, 6.45) is 0. The third kappa shape index (κ3) is 2.33. The van der Waals surface area contributed by atoms with E-state index in [1.807, 2.05) is 0 Å². The molecule has 3 N–H and O–H groups in total. The zero-order chi connectivity index (χ0) is 13.3. The minimum atomic E-state index is -0.815. The molecule has 0 aliphatic carbocycles. The van der Waals surface area contributed by atoms with E-state index in [0.29, 0.717) is 10.6 Å². The minimum Gasteiger partial charge on any atom is -0.398 e. The third-order valence-electron chi connectivity index (χ3n) is 2.38. The van der Waals surface area contributed by atoms with Crippen molar-refractivity contribution in [1.29, 1.82) is 0 Å². The number of para-hydroxylation sites is 1. The van der Waals surface area contributed by atoms with Crippen LogP contribution in [0.1, 0.15) is 14.5 Å². The number of nitrogen functional groups attached to an aromatic ring is 1. The molecule has 0 atom stereocenters. The number of rotatable bonds is 2. The van der Waals surface area contributed by atoms with Gasteiger partial charge >= 0.3 is 0 Å². The molecule has 0 radical (unpaired) electrons. The first-order valence-corrected chi connectivity index (χ1v) is 5.92. The molecule has 18 heavy (non-hydrogen) atoms. The number of aryl methyl sites for hydroxylation is 1. The Kier molecular flexibility index (Phi) is 3.29. The lowest BCUT2D eigenvalue weighted by Gasteiger charge is -2.05. The summed E-state index contributed by atoms with van der Waals surface area (Å²) in [5, 5.41) is 2.20. The lowest BCUT2D eigenvalue weighted by Crippen LogP contribution is -2.12. The molecule has 1 aromatic heterocycles. The van der Waals surface area contributed by atoms with Crippen LogP contribution in [0, 0.1) is 18.6 Å². The van der Waals surface area contributed by atoms with E-state index in [9.17, 15) is 13.6 Å². The number of nitrogens with one attached hydrogen (secondary N) is 1. The van der Waals surface area contributed by atoms with Crippen LogP contribution in [-0.4, -0.2) is 5.91 Å². The summed E-state index contributed by atoms with van der Waals surface area (Å²) in [7, 11) is 0. The summed E-state index contributed by atoms with van der Waals surface area (Å²) in [5.41, 5.74) is 5.65. The Morgan fingerprint density at radius 2 is 1.94 bits per heavy atom. The van der Waals surface area contributed by atoms with Crippen LogP contribution < -0.4 is 11.1 Å². The Morgan fingerprint density at radius 1 is 1.33 bits per heavy atom. The molecule has 2 aromatic rings. The minimum absolute atomic E-state index is 0.313. The first-order chi connectivity index (χ1) is 8.49. The fraction of sp³-hybridized carbons (Fsp3) is 0.0833. The van der Waals surface area contributed by atoms with Crippen LogP contribution in [0.4, 0.5) is 20.2 Å². The van der Waals surface area contributed by atoms with Crippen molar-refractivity contribution in [3.8, 4) is 0 Å². The zero-order valence-electron chi connectivity index (χ0n) is 9.46. The molecule has 0 fully saturated rings. The monoisotopic (exact) mass is 268 g/mol. The second-order valence-corrected chi connectivity index (χ2v) is 4.93. The average molecular weight is 268 g/mol. The van der Waals surface area contributed by atoms with Crippen molar-refractivity contribution in [3.63, 3.8) is 0 Å². The summed E-state index contributed by atoms with van der Waals surface area (Å²) in [4.78, 5) is 12.9. The van der Waals surface area contributed by atoms with Gasteiger partial charge < -0.3 is 11.1 Å². The van der Waals surface area contributed by atoms with E-state index in [1.54, 1.807) is 6.92 Å². The predicted octanol–water partition coefficient (Wildman–Crippen LogP) is 3.17. The number of benzene rings is 1. The summed E-state index contributed by atoms with van der Waals surface area (Å²) >= 11 is 1.17. The lowest BCUT2D eigenvalue weighted by molar-refractivity contribution is 0.102. The Morgan fingerprint density at radius 3 is 2.44 bits per heavy atom. The largest absolute Gasteiger partial charge is 0.398 e. The number of carbonyl (C=O) groups excluding carboxylic acids is 1. The maximum Gasteiger partial charge on any atom is 0.265 e. The van der Waals surface area contributed by atoms with Crippen molar-refractivity contribution in [2.45, 2.75) is 6.92 Å². The Balaban J connectivity index is 2.27. The lowest BCUT2D eigenvalue weighted by atomic mass is 10.3. The zero-order valence-corrected chi connectivity index (χ0v) is 10.3. The van der Waals surface area contributed by atoms with E-state index < -0.39 is 23.2 Å². The summed E-state index contributed by atoms with van der Waals surface area (Å²) in [6.45, 7) is 1.76. The number of halogens is 2. The summed E-state index contributed by atoms with van der Waals surface area (Å²) in [6, 6.07) is 4.86. The van der Waals surface area contributed by atoms with Crippen molar-refractivity contribution in [2.75, 3.05) is 11.1 Å². The van der Waals surface area contributed by atoms with Crippen molar-refractivity contribution in [2.24, 2.45) is 0 Å². The van der Waals surface area contributed by atoms with Gasteiger partial charge in [-0.1, -0.05) is 6.07 Å². The molecule has 0 spiro atoms. The normalized spacial score (nSPS) is 10.4. The number of carbonyl (C=O) groups is 1. The van der Waals surface area contributed by atoms with Gasteiger partial charge in [0.1, 0.15) is 17.3 Å². The van der Waals surface area contributed by atoms with E-state index in [0.717, 1.165) is 17.0 Å². The van der Waals surface area contributed by atoms with Crippen LogP contribution in [0.3, 0.4) is 0 Å². The molecule has 2 rings (SSSR count). The molecule has 0 aliphatic heterocycles. The van der Waals surface area contributed by atoms with Gasteiger partial charge in [-0.25, -0.2) is 8.78 Å². The quantitative estimate of drug-likeness (QED) is 0.879. The van der Waals surface area contributed by atoms with E-state index in [4.69, 9.17) is 5.73 Å². The number of anilines is 2. The average Bonchev–Trinajstić information content (AvgIpc) is 2.64. The first kappa shape index (κ1) is 12.5. The molecule has 1 heterocycles. The molecular formula is C12H10F2N2OS. The van der Waals surface area contributed by atoms with Crippen molar-refractivity contribution < 1.29 is 13.6 Å². The topological polar surface area (TPSA) is 55.1 Å². The number of nitrogens with two attached hydrogens (primary N) is 1. The van der Waals surface area contributed by atoms with Crippen LogP contribution >= 0.6 is 11.3 Å². The second kappa shape index (κ2) is 4.73. The number of hydrogen-bond acceptors (Lipinski definition) is 3. The van der Waals surface area contributed by atoms with Gasteiger partial charge in [0.2, 0.25) is 0 Å². The first-order valence-electron chi connectivity index (χ1n) is 5.10. The van der Waals surface area contributed by atoms with Crippen LogP contribution in [0.2, 0.25) is 0 Å². The highest BCUT2D eigenvalue weighted by Gasteiger charge is 2.15. The molecule has 0 saturated carbocycles. The van der Waals surface area contributed by atoms with Crippen LogP contribution in [0.15, 0.2) is 24.3 Å². The standard InChI is InChI=1S/C12H10F2N2OS/c1-6-9(15)5-10(18-6)12(17)16-11-7(13)3-2-4-8(11)14/h2-5H,15H2,1H3,(H,16,17). The molecule has 3 nitrogen and oxygen atoms in total. The van der Waals surface area contributed by atoms with Gasteiger partial charge in [0.15, 0.2) is 0 Å². The molecule has 1 aromatic carbocycles. The molecular weight excluding hydrogens is 258 g/mol. The molecule has 0 aliphatic rings. The van der Waals surface area contributed by atoms with Crippen molar-refractivity contribution >= 4 is 28.6 Å². The summed E-state index contributed by atoms with van der Waals surface area (Å²) < 4.78 is 26.7. The molecule has 0 bridgehead atoms. The molecule has 94 valence electrons.